The summed E-state index contributed by atoms with van der Waals surface area (Å²) in [4.78, 5) is 0. The molecule has 0 atom stereocenters. The normalized spacial score (nSPS) is 12.8. The summed E-state index contributed by atoms with van der Waals surface area (Å²) in [6.45, 7) is 3.28. The lowest BCUT2D eigenvalue weighted by molar-refractivity contribution is -0.143. The summed E-state index contributed by atoms with van der Waals surface area (Å²) in [6, 6.07) is 1.99. The van der Waals surface area contributed by atoms with Gasteiger partial charge in [0.25, 0.3) is 0 Å². The van der Waals surface area contributed by atoms with Gasteiger partial charge in [0.15, 0.2) is 5.69 Å². The molecule has 2 aromatic rings. The van der Waals surface area contributed by atoms with Crippen LogP contribution in [0.5, 0.6) is 5.75 Å². The number of aromatic nitrogens is 2. The van der Waals surface area contributed by atoms with Crippen molar-refractivity contribution in [2.75, 3.05) is 0 Å². The van der Waals surface area contributed by atoms with Crippen molar-refractivity contribution in [3.8, 4) is 11.4 Å². The second-order valence-corrected chi connectivity index (χ2v) is 6.04. The lowest BCUT2D eigenvalue weighted by Crippen LogP contribution is -2.14. The Labute approximate surface area is 148 Å². The number of alkyl halides is 6. The number of halogens is 8. The minimum Gasteiger partial charge on any atom is -0.489 e. The highest BCUT2D eigenvalue weighted by atomic mass is 35.5. The Balaban J connectivity index is 2.70. The molecule has 0 amide bonds. The van der Waals surface area contributed by atoms with Crippen molar-refractivity contribution >= 4 is 23.2 Å². The van der Waals surface area contributed by atoms with Gasteiger partial charge in [0.2, 0.25) is 0 Å². The predicted octanol–water partition coefficient (Wildman–Crippen LogP) is 6.00. The van der Waals surface area contributed by atoms with Gasteiger partial charge in [0.05, 0.1) is 21.8 Å². The highest BCUT2D eigenvalue weighted by Gasteiger charge is 2.42. The van der Waals surface area contributed by atoms with Crippen molar-refractivity contribution < 1.29 is 31.1 Å². The number of hydrogen-bond acceptors (Lipinski definition) is 2. The third-order valence-corrected chi connectivity index (χ3v) is 3.48. The van der Waals surface area contributed by atoms with Crippen molar-refractivity contribution in [3.05, 3.63) is 39.6 Å². The summed E-state index contributed by atoms with van der Waals surface area (Å²) in [7, 11) is 0. The van der Waals surface area contributed by atoms with E-state index >= 15 is 0 Å². The first-order chi connectivity index (χ1) is 11.3. The van der Waals surface area contributed by atoms with E-state index < -0.39 is 29.4 Å². The molecule has 0 aliphatic rings. The second-order valence-electron chi connectivity index (χ2n) is 5.22. The van der Waals surface area contributed by atoms with E-state index in [4.69, 9.17) is 27.9 Å². The maximum absolute atomic E-state index is 13.1. The maximum Gasteiger partial charge on any atom is 0.435 e. The topological polar surface area (TPSA) is 27.1 Å². The fourth-order valence-corrected chi connectivity index (χ4v) is 2.44. The average molecular weight is 407 g/mol. The van der Waals surface area contributed by atoms with Crippen LogP contribution in [0.15, 0.2) is 18.2 Å². The van der Waals surface area contributed by atoms with E-state index in [0.717, 1.165) is 12.1 Å². The zero-order chi connectivity index (χ0) is 19.2. The molecule has 0 unspecified atom stereocenters. The Hall–Kier alpha value is -1.61. The van der Waals surface area contributed by atoms with Crippen LogP contribution in [0.3, 0.4) is 0 Å². The van der Waals surface area contributed by atoms with E-state index in [0.29, 0.717) is 0 Å². The Morgan fingerprint density at radius 1 is 0.960 bits per heavy atom. The van der Waals surface area contributed by atoms with Gasteiger partial charge in [-0.15, -0.1) is 0 Å². The molecule has 0 spiro atoms. The van der Waals surface area contributed by atoms with Crippen molar-refractivity contribution in [1.29, 1.82) is 0 Å². The molecule has 1 heterocycles. The van der Waals surface area contributed by atoms with Crippen LogP contribution in [0.2, 0.25) is 10.0 Å². The molecule has 138 valence electrons. The summed E-state index contributed by atoms with van der Waals surface area (Å²) in [5.41, 5.74) is -3.76. The molecule has 0 saturated carbocycles. The monoisotopic (exact) mass is 406 g/mol. The van der Waals surface area contributed by atoms with Crippen LogP contribution in [0.4, 0.5) is 26.3 Å². The number of benzene rings is 1. The van der Waals surface area contributed by atoms with Crippen LogP contribution in [-0.2, 0) is 12.4 Å². The Bertz CT molecular complexity index is 783. The van der Waals surface area contributed by atoms with E-state index in [-0.39, 0.29) is 32.6 Å². The highest BCUT2D eigenvalue weighted by Crippen LogP contribution is 2.39. The molecule has 25 heavy (non-hydrogen) atoms. The third-order valence-electron chi connectivity index (χ3n) is 2.88. The Morgan fingerprint density at radius 2 is 1.56 bits per heavy atom. The van der Waals surface area contributed by atoms with Crippen LogP contribution in [0, 0.1) is 0 Å². The molecule has 11 heteroatoms. The molecule has 0 saturated heterocycles. The molecular formula is C14H10Cl2F6N2O. The summed E-state index contributed by atoms with van der Waals surface area (Å²) < 4.78 is 83.1. The maximum atomic E-state index is 13.1. The van der Waals surface area contributed by atoms with Gasteiger partial charge in [0.1, 0.15) is 11.4 Å². The first kappa shape index (κ1) is 19.7. The molecule has 2 rings (SSSR count). The lowest BCUT2D eigenvalue weighted by atomic mass is 10.2. The number of nitrogens with zero attached hydrogens (tertiary/aromatic N) is 2. The van der Waals surface area contributed by atoms with Gasteiger partial charge in [-0.25, -0.2) is 4.68 Å². The molecule has 0 radical (unpaired) electrons. The predicted molar refractivity (Wildman–Crippen MR) is 79.4 cm³/mol. The molecule has 0 N–H and O–H groups in total. The fourth-order valence-electron chi connectivity index (χ4n) is 1.93. The molecule has 1 aromatic heterocycles. The van der Waals surface area contributed by atoms with Gasteiger partial charge < -0.3 is 4.74 Å². The zero-order valence-electron chi connectivity index (χ0n) is 12.6. The molecule has 0 fully saturated rings. The van der Waals surface area contributed by atoms with Gasteiger partial charge in [-0.2, -0.15) is 31.4 Å². The van der Waals surface area contributed by atoms with Gasteiger partial charge in [0, 0.05) is 12.1 Å². The standard InChI is InChI=1S/C14H10Cl2F6N2O/c1-6(2)25-10-4-9(7(15)3-8(10)16)24-12(14(20,21)22)5-11(23-24)13(17,18)19/h3-6H,1-2H3. The van der Waals surface area contributed by atoms with E-state index in [1.54, 1.807) is 13.8 Å². The first-order valence-electron chi connectivity index (χ1n) is 6.71. The van der Waals surface area contributed by atoms with E-state index in [2.05, 4.69) is 5.10 Å². The van der Waals surface area contributed by atoms with Crippen LogP contribution in [0.25, 0.3) is 5.69 Å². The van der Waals surface area contributed by atoms with Crippen LogP contribution in [-0.4, -0.2) is 15.9 Å². The third kappa shape index (κ3) is 4.33. The smallest absolute Gasteiger partial charge is 0.435 e. The van der Waals surface area contributed by atoms with E-state index in [9.17, 15) is 26.3 Å². The molecular weight excluding hydrogens is 397 g/mol. The van der Waals surface area contributed by atoms with Crippen molar-refractivity contribution in [2.45, 2.75) is 32.3 Å². The quantitative estimate of drug-likeness (QED) is 0.584. The first-order valence-corrected chi connectivity index (χ1v) is 7.47. The largest absolute Gasteiger partial charge is 0.489 e. The van der Waals surface area contributed by atoms with Crippen molar-refractivity contribution in [1.82, 2.24) is 9.78 Å². The summed E-state index contributed by atoms with van der Waals surface area (Å²) in [6.07, 6.45) is -10.5. The summed E-state index contributed by atoms with van der Waals surface area (Å²) in [5, 5.41) is 2.70. The van der Waals surface area contributed by atoms with Crippen LogP contribution >= 0.6 is 23.2 Å². The Morgan fingerprint density at radius 3 is 2.04 bits per heavy atom. The molecule has 0 aliphatic carbocycles. The second kappa shape index (κ2) is 6.60. The SMILES string of the molecule is CC(C)Oc1cc(-n2nc(C(F)(F)F)cc2C(F)(F)F)c(Cl)cc1Cl. The molecule has 0 aliphatic heterocycles. The van der Waals surface area contributed by atoms with E-state index in [1.807, 2.05) is 0 Å². The van der Waals surface area contributed by atoms with Gasteiger partial charge in [-0.1, -0.05) is 23.2 Å². The highest BCUT2D eigenvalue weighted by molar-refractivity contribution is 6.36. The lowest BCUT2D eigenvalue weighted by Gasteiger charge is -2.16. The van der Waals surface area contributed by atoms with Gasteiger partial charge >= 0.3 is 12.4 Å². The minimum absolute atomic E-state index is 0.000732. The summed E-state index contributed by atoms with van der Waals surface area (Å²) >= 11 is 11.8. The van der Waals surface area contributed by atoms with E-state index in [1.165, 1.54) is 0 Å². The van der Waals surface area contributed by atoms with Crippen LogP contribution in [0.1, 0.15) is 25.2 Å². The van der Waals surface area contributed by atoms with Gasteiger partial charge in [-0.3, -0.25) is 0 Å². The van der Waals surface area contributed by atoms with Crippen molar-refractivity contribution in [2.24, 2.45) is 0 Å². The Kier molecular flexibility index (Phi) is 5.21. The summed E-state index contributed by atoms with van der Waals surface area (Å²) in [5.74, 6) is -0.0340. The van der Waals surface area contributed by atoms with Crippen LogP contribution < -0.4 is 4.74 Å². The number of ether oxygens (including phenoxy) is 1. The molecule has 1 aromatic carbocycles. The average Bonchev–Trinajstić information content (AvgIpc) is 2.86. The number of rotatable bonds is 3. The minimum atomic E-state index is -5.08. The zero-order valence-corrected chi connectivity index (χ0v) is 14.1. The fraction of sp³-hybridized carbons (Fsp3) is 0.357. The molecule has 3 nitrogen and oxygen atoms in total. The van der Waals surface area contributed by atoms with Gasteiger partial charge in [-0.05, 0) is 19.9 Å². The van der Waals surface area contributed by atoms with Crippen molar-refractivity contribution in [3.63, 3.8) is 0 Å². The number of hydrogen-bond donors (Lipinski definition) is 0. The molecule has 0 bridgehead atoms.